The Labute approximate surface area is 125 Å². The van der Waals surface area contributed by atoms with Gasteiger partial charge in [0.2, 0.25) is 0 Å². The third kappa shape index (κ3) is 2.62. The molecular formula is C15H13NO4S. The first kappa shape index (κ1) is 13.6. The number of methoxy groups -OCH3 is 1. The van der Waals surface area contributed by atoms with Crippen molar-refractivity contribution in [1.82, 2.24) is 0 Å². The molecule has 1 amide bonds. The fourth-order valence-electron chi connectivity index (χ4n) is 2.18. The number of hydrogen-bond acceptors (Lipinski definition) is 5. The van der Waals surface area contributed by atoms with Gasteiger partial charge in [0, 0.05) is 12.0 Å². The van der Waals surface area contributed by atoms with Gasteiger partial charge in [-0.05, 0) is 35.2 Å². The molecule has 1 N–H and O–H groups in total. The quantitative estimate of drug-likeness (QED) is 0.886. The summed E-state index contributed by atoms with van der Waals surface area (Å²) < 4.78 is 10.1. The molecule has 0 saturated carbocycles. The van der Waals surface area contributed by atoms with Crippen molar-refractivity contribution in [2.75, 3.05) is 19.0 Å². The highest BCUT2D eigenvalue weighted by molar-refractivity contribution is 7.12. The number of benzene rings is 1. The summed E-state index contributed by atoms with van der Waals surface area (Å²) >= 11 is 1.23. The lowest BCUT2D eigenvalue weighted by Gasteiger charge is -2.07. The van der Waals surface area contributed by atoms with Gasteiger partial charge in [0.05, 0.1) is 19.4 Å². The highest BCUT2D eigenvalue weighted by Gasteiger charge is 2.18. The molecule has 0 unspecified atom stereocenters. The van der Waals surface area contributed by atoms with E-state index in [1.54, 1.807) is 23.6 Å². The zero-order valence-corrected chi connectivity index (χ0v) is 12.2. The second-order valence-corrected chi connectivity index (χ2v) is 5.45. The van der Waals surface area contributed by atoms with Crippen LogP contribution in [0.4, 0.5) is 5.69 Å². The Morgan fingerprint density at radius 2 is 2.19 bits per heavy atom. The summed E-state index contributed by atoms with van der Waals surface area (Å²) in [4.78, 5) is 24.2. The van der Waals surface area contributed by atoms with Crippen LogP contribution in [-0.4, -0.2) is 25.6 Å². The van der Waals surface area contributed by atoms with Gasteiger partial charge >= 0.3 is 5.97 Å². The maximum atomic E-state index is 12.3. The number of nitrogens with one attached hydrogen (secondary N) is 1. The van der Waals surface area contributed by atoms with Crippen LogP contribution in [0.1, 0.15) is 25.6 Å². The van der Waals surface area contributed by atoms with E-state index in [0.717, 1.165) is 17.7 Å². The molecule has 1 aliphatic heterocycles. The standard InChI is InChI=1S/C15H13NO4S/c1-19-15(18)13-11(5-7-21-13)16-14(17)10-2-3-12-9(8-10)4-6-20-12/h2-3,5,7-8H,4,6H2,1H3,(H,16,17). The predicted molar refractivity (Wildman–Crippen MR) is 79.3 cm³/mol. The first-order chi connectivity index (χ1) is 10.2. The largest absolute Gasteiger partial charge is 0.493 e. The zero-order valence-electron chi connectivity index (χ0n) is 11.3. The van der Waals surface area contributed by atoms with Crippen LogP contribution in [0.3, 0.4) is 0 Å². The Morgan fingerprint density at radius 1 is 1.33 bits per heavy atom. The summed E-state index contributed by atoms with van der Waals surface area (Å²) in [6.45, 7) is 0.650. The normalized spacial score (nSPS) is 12.4. The second-order valence-electron chi connectivity index (χ2n) is 4.53. The van der Waals surface area contributed by atoms with Crippen molar-refractivity contribution in [3.8, 4) is 5.75 Å². The number of carbonyl (C=O) groups is 2. The number of ether oxygens (including phenoxy) is 2. The minimum atomic E-state index is -0.456. The van der Waals surface area contributed by atoms with Crippen LogP contribution in [0.15, 0.2) is 29.6 Å². The number of fused-ring (bicyclic) bond motifs is 1. The number of anilines is 1. The summed E-state index contributed by atoms with van der Waals surface area (Å²) in [6, 6.07) is 7.02. The molecule has 2 aromatic rings. The van der Waals surface area contributed by atoms with Crippen LogP contribution in [0.5, 0.6) is 5.75 Å². The number of esters is 1. The molecule has 0 saturated heterocycles. The molecule has 0 fully saturated rings. The van der Waals surface area contributed by atoms with E-state index in [0.29, 0.717) is 22.7 Å². The van der Waals surface area contributed by atoms with E-state index in [4.69, 9.17) is 4.74 Å². The van der Waals surface area contributed by atoms with E-state index in [1.807, 2.05) is 6.07 Å². The van der Waals surface area contributed by atoms with Crippen LogP contribution in [0.2, 0.25) is 0 Å². The smallest absolute Gasteiger partial charge is 0.350 e. The SMILES string of the molecule is COC(=O)c1sccc1NC(=O)c1ccc2c(c1)CCO2. The van der Waals surface area contributed by atoms with Gasteiger partial charge in [0.1, 0.15) is 10.6 Å². The first-order valence-electron chi connectivity index (χ1n) is 6.42. The summed E-state index contributed by atoms with van der Waals surface area (Å²) in [5.41, 5.74) is 2.04. The molecule has 0 atom stereocenters. The Morgan fingerprint density at radius 3 is 3.00 bits per heavy atom. The predicted octanol–water partition coefficient (Wildman–Crippen LogP) is 2.72. The molecule has 6 heteroatoms. The molecule has 1 aromatic heterocycles. The van der Waals surface area contributed by atoms with E-state index in [1.165, 1.54) is 18.4 Å². The first-order valence-corrected chi connectivity index (χ1v) is 7.30. The Kier molecular flexibility index (Phi) is 3.62. The van der Waals surface area contributed by atoms with Crippen LogP contribution in [-0.2, 0) is 11.2 Å². The molecule has 0 bridgehead atoms. The van der Waals surface area contributed by atoms with E-state index >= 15 is 0 Å². The van der Waals surface area contributed by atoms with Crippen molar-refractivity contribution in [2.24, 2.45) is 0 Å². The van der Waals surface area contributed by atoms with Crippen molar-refractivity contribution in [2.45, 2.75) is 6.42 Å². The number of hydrogen-bond donors (Lipinski definition) is 1. The molecule has 0 spiro atoms. The maximum absolute atomic E-state index is 12.3. The molecule has 0 aliphatic carbocycles. The van der Waals surface area contributed by atoms with E-state index in [9.17, 15) is 9.59 Å². The van der Waals surface area contributed by atoms with Crippen LogP contribution in [0, 0.1) is 0 Å². The molecule has 1 aromatic carbocycles. The molecule has 1 aliphatic rings. The minimum absolute atomic E-state index is 0.256. The molecule has 2 heterocycles. The van der Waals surface area contributed by atoms with Crippen LogP contribution < -0.4 is 10.1 Å². The van der Waals surface area contributed by atoms with Gasteiger partial charge in [-0.3, -0.25) is 4.79 Å². The van der Waals surface area contributed by atoms with Gasteiger partial charge in [-0.25, -0.2) is 4.79 Å². The van der Waals surface area contributed by atoms with Crippen molar-refractivity contribution in [1.29, 1.82) is 0 Å². The van der Waals surface area contributed by atoms with E-state index in [2.05, 4.69) is 10.1 Å². The summed E-state index contributed by atoms with van der Waals surface area (Å²) in [5, 5.41) is 4.48. The summed E-state index contributed by atoms with van der Waals surface area (Å²) in [6.07, 6.45) is 0.808. The molecular weight excluding hydrogens is 290 g/mol. The number of thiophene rings is 1. The summed E-state index contributed by atoms with van der Waals surface area (Å²) in [5.74, 6) is 0.119. The van der Waals surface area contributed by atoms with Gasteiger partial charge in [-0.2, -0.15) is 0 Å². The fourth-order valence-corrected chi connectivity index (χ4v) is 2.95. The van der Waals surface area contributed by atoms with Gasteiger partial charge in [0.15, 0.2) is 0 Å². The lowest BCUT2D eigenvalue weighted by Crippen LogP contribution is -2.14. The highest BCUT2D eigenvalue weighted by atomic mass is 32.1. The van der Waals surface area contributed by atoms with Crippen molar-refractivity contribution >= 4 is 28.9 Å². The van der Waals surface area contributed by atoms with Crippen molar-refractivity contribution in [3.63, 3.8) is 0 Å². The summed E-state index contributed by atoms with van der Waals surface area (Å²) in [7, 11) is 1.31. The topological polar surface area (TPSA) is 64.6 Å². The Bertz CT molecular complexity index is 707. The fraction of sp³-hybridized carbons (Fsp3) is 0.200. The number of carbonyl (C=O) groups excluding carboxylic acids is 2. The minimum Gasteiger partial charge on any atom is -0.493 e. The van der Waals surface area contributed by atoms with Gasteiger partial charge in [0.25, 0.3) is 5.91 Å². The van der Waals surface area contributed by atoms with Gasteiger partial charge < -0.3 is 14.8 Å². The third-order valence-electron chi connectivity index (χ3n) is 3.24. The molecule has 21 heavy (non-hydrogen) atoms. The lowest BCUT2D eigenvalue weighted by atomic mass is 10.1. The van der Waals surface area contributed by atoms with Crippen LogP contribution >= 0.6 is 11.3 Å². The average molecular weight is 303 g/mol. The van der Waals surface area contributed by atoms with Crippen molar-refractivity contribution in [3.05, 3.63) is 45.6 Å². The monoisotopic (exact) mass is 303 g/mol. The molecule has 3 rings (SSSR count). The second kappa shape index (κ2) is 5.57. The van der Waals surface area contributed by atoms with Crippen molar-refractivity contribution < 1.29 is 19.1 Å². The highest BCUT2D eigenvalue weighted by Crippen LogP contribution is 2.27. The maximum Gasteiger partial charge on any atom is 0.350 e. The van der Waals surface area contributed by atoms with Crippen LogP contribution in [0.25, 0.3) is 0 Å². The van der Waals surface area contributed by atoms with E-state index < -0.39 is 5.97 Å². The van der Waals surface area contributed by atoms with E-state index in [-0.39, 0.29) is 5.91 Å². The lowest BCUT2D eigenvalue weighted by molar-refractivity contribution is 0.0607. The molecule has 0 radical (unpaired) electrons. The van der Waals surface area contributed by atoms with Gasteiger partial charge in [-0.15, -0.1) is 11.3 Å². The Hall–Kier alpha value is -2.34. The Balaban J connectivity index is 1.81. The zero-order chi connectivity index (χ0) is 14.8. The molecule has 108 valence electrons. The third-order valence-corrected chi connectivity index (χ3v) is 4.13. The molecule has 5 nitrogen and oxygen atoms in total. The average Bonchev–Trinajstić information content (AvgIpc) is 3.14. The van der Waals surface area contributed by atoms with Gasteiger partial charge in [-0.1, -0.05) is 0 Å². The number of amides is 1. The number of rotatable bonds is 3.